The highest BCUT2D eigenvalue weighted by atomic mass is 16.5. The van der Waals surface area contributed by atoms with E-state index < -0.39 is 0 Å². The van der Waals surface area contributed by atoms with Crippen LogP contribution in [0.15, 0.2) is 94.9 Å². The Morgan fingerprint density at radius 2 is 0.896 bits per heavy atom. The monoisotopic (exact) mass is 648 g/mol. The molecule has 6 heteroatoms. The van der Waals surface area contributed by atoms with E-state index >= 15 is 0 Å². The van der Waals surface area contributed by atoms with Crippen LogP contribution in [-0.4, -0.2) is 36.6 Å². The molecule has 0 spiro atoms. The molecule has 2 unspecified atom stereocenters. The quantitative estimate of drug-likeness (QED) is 0.0528. The van der Waals surface area contributed by atoms with Crippen molar-refractivity contribution in [3.8, 4) is 0 Å². The molecule has 0 heterocycles. The zero-order valence-electron chi connectivity index (χ0n) is 29.1. The average Bonchev–Trinajstić information content (AvgIpc) is 3.09. The first-order valence-corrected chi connectivity index (χ1v) is 17.5. The predicted molar refractivity (Wildman–Crippen MR) is 201 cm³/mol. The fraction of sp³-hybridized carbons (Fsp3) is 0.381. The minimum absolute atomic E-state index is 0.0676. The molecule has 0 aliphatic carbocycles. The molecule has 0 saturated heterocycles. The van der Waals surface area contributed by atoms with Gasteiger partial charge in [0.1, 0.15) is 0 Å². The first-order valence-electron chi connectivity index (χ1n) is 17.5. The molecule has 0 aliphatic rings. The summed E-state index contributed by atoms with van der Waals surface area (Å²) in [4.78, 5) is 33.4. The normalized spacial score (nSPS) is 13.1. The number of hydrogen-bond acceptors (Lipinski definition) is 6. The van der Waals surface area contributed by atoms with Crippen LogP contribution in [0.4, 0.5) is 11.4 Å². The number of esters is 2. The summed E-state index contributed by atoms with van der Waals surface area (Å²) in [5.41, 5.74) is 5.42. The van der Waals surface area contributed by atoms with E-state index in [4.69, 9.17) is 9.47 Å². The maximum absolute atomic E-state index is 12.1. The molecule has 3 aromatic carbocycles. The Labute approximate surface area is 287 Å². The minimum Gasteiger partial charge on any atom is -0.460 e. The molecule has 6 nitrogen and oxygen atoms in total. The van der Waals surface area contributed by atoms with Gasteiger partial charge in [-0.1, -0.05) is 101 Å². The zero-order chi connectivity index (χ0) is 34.4. The van der Waals surface area contributed by atoms with E-state index in [-0.39, 0.29) is 24.1 Å². The Morgan fingerprint density at radius 1 is 0.542 bits per heavy atom. The maximum Gasteiger partial charge on any atom is 0.331 e. The lowest BCUT2D eigenvalue weighted by Crippen LogP contribution is -2.12. The Morgan fingerprint density at radius 3 is 1.25 bits per heavy atom. The van der Waals surface area contributed by atoms with Gasteiger partial charge < -0.3 is 9.47 Å². The van der Waals surface area contributed by atoms with E-state index in [1.165, 1.54) is 50.7 Å². The smallest absolute Gasteiger partial charge is 0.331 e. The molecule has 0 aliphatic heterocycles. The number of carbonyl (C=O) groups is 2. The Bertz CT molecular complexity index is 1370. The number of ether oxygens (including phenoxy) is 2. The lowest BCUT2D eigenvalue weighted by Gasteiger charge is -2.11. The summed E-state index contributed by atoms with van der Waals surface area (Å²) in [6, 6.07) is 23.4. The van der Waals surface area contributed by atoms with Crippen molar-refractivity contribution >= 4 is 47.9 Å². The SMILES string of the molecule is CCCCCCC(C)OC(=O)/C=C/c1ccc(N=Cc2ccc(C=Nc3ccc(/C=C/C(=O)OC(C)CCCCCC)cc3)cc2)cc1. The molecule has 2 atom stereocenters. The molecule has 0 aromatic heterocycles. The Balaban J connectivity index is 1.42. The van der Waals surface area contributed by atoms with Crippen LogP contribution in [-0.2, 0) is 19.1 Å². The second-order valence-electron chi connectivity index (χ2n) is 12.2. The van der Waals surface area contributed by atoms with Gasteiger partial charge in [0.2, 0.25) is 0 Å². The first-order chi connectivity index (χ1) is 23.3. The van der Waals surface area contributed by atoms with E-state index in [1.807, 2.05) is 99.1 Å². The maximum atomic E-state index is 12.1. The van der Waals surface area contributed by atoms with Crippen molar-refractivity contribution < 1.29 is 19.1 Å². The van der Waals surface area contributed by atoms with Crippen molar-refractivity contribution in [2.24, 2.45) is 9.98 Å². The first kappa shape index (κ1) is 37.9. The largest absolute Gasteiger partial charge is 0.460 e. The van der Waals surface area contributed by atoms with Crippen molar-refractivity contribution in [3.63, 3.8) is 0 Å². The van der Waals surface area contributed by atoms with Gasteiger partial charge in [0.15, 0.2) is 0 Å². The second kappa shape index (κ2) is 22.1. The zero-order valence-corrected chi connectivity index (χ0v) is 29.1. The summed E-state index contributed by atoms with van der Waals surface area (Å²) >= 11 is 0. The Kier molecular flexibility index (Phi) is 17.4. The highest BCUT2D eigenvalue weighted by molar-refractivity contribution is 5.88. The summed E-state index contributed by atoms with van der Waals surface area (Å²) in [5.74, 6) is -0.624. The highest BCUT2D eigenvalue weighted by Gasteiger charge is 2.07. The van der Waals surface area contributed by atoms with Crippen LogP contribution in [0.5, 0.6) is 0 Å². The molecular formula is C42H52N2O4. The van der Waals surface area contributed by atoms with Crippen molar-refractivity contribution in [3.05, 3.63) is 107 Å². The highest BCUT2D eigenvalue weighted by Crippen LogP contribution is 2.17. The molecule has 0 saturated carbocycles. The number of aliphatic imine (C=N–C) groups is 2. The summed E-state index contributed by atoms with van der Waals surface area (Å²) < 4.78 is 11.0. The third kappa shape index (κ3) is 15.8. The van der Waals surface area contributed by atoms with Gasteiger partial charge in [-0.2, -0.15) is 0 Å². The Hall–Kier alpha value is -4.58. The molecule has 0 amide bonds. The number of carbonyl (C=O) groups excluding carboxylic acids is 2. The van der Waals surface area contributed by atoms with Gasteiger partial charge in [-0.15, -0.1) is 0 Å². The summed E-state index contributed by atoms with van der Waals surface area (Å²) in [6.45, 7) is 8.27. The van der Waals surface area contributed by atoms with E-state index in [0.717, 1.165) is 59.3 Å². The van der Waals surface area contributed by atoms with Crippen molar-refractivity contribution in [2.45, 2.75) is 104 Å². The number of rotatable bonds is 20. The standard InChI is InChI=1S/C42H52N2O4/c1-5-7-9-11-13-33(3)47-41(45)29-23-35-19-25-39(26-20-35)43-31-37-15-17-38(18-16-37)32-44-40-27-21-36(22-28-40)24-30-42(46)48-34(4)14-12-10-8-6-2/h15-34H,5-14H2,1-4H3/b29-23+,30-24+,43-31?,44-32?. The summed E-state index contributed by atoms with van der Waals surface area (Å²) in [7, 11) is 0. The molecule has 3 aromatic rings. The second-order valence-corrected chi connectivity index (χ2v) is 12.2. The van der Waals surface area contributed by atoms with Crippen LogP contribution in [0.1, 0.15) is 114 Å². The molecular weight excluding hydrogens is 596 g/mol. The molecule has 48 heavy (non-hydrogen) atoms. The van der Waals surface area contributed by atoms with Gasteiger partial charge in [-0.05, 0) is 98.2 Å². The van der Waals surface area contributed by atoms with Gasteiger partial charge >= 0.3 is 11.9 Å². The fourth-order valence-corrected chi connectivity index (χ4v) is 4.95. The molecule has 0 bridgehead atoms. The van der Waals surface area contributed by atoms with Crippen molar-refractivity contribution in [1.82, 2.24) is 0 Å². The van der Waals surface area contributed by atoms with Gasteiger partial charge in [0.25, 0.3) is 0 Å². The summed E-state index contributed by atoms with van der Waals surface area (Å²) in [5, 5.41) is 0. The molecule has 0 N–H and O–H groups in total. The number of nitrogens with zero attached hydrogens (tertiary/aromatic N) is 2. The average molecular weight is 649 g/mol. The third-order valence-electron chi connectivity index (χ3n) is 7.83. The van der Waals surface area contributed by atoms with Crippen LogP contribution < -0.4 is 0 Å². The van der Waals surface area contributed by atoms with Crippen LogP contribution in [0.2, 0.25) is 0 Å². The van der Waals surface area contributed by atoms with E-state index in [9.17, 15) is 9.59 Å². The van der Waals surface area contributed by atoms with Crippen molar-refractivity contribution in [2.75, 3.05) is 0 Å². The lowest BCUT2D eigenvalue weighted by atomic mass is 10.1. The number of hydrogen-bond donors (Lipinski definition) is 0. The van der Waals surface area contributed by atoms with Crippen LogP contribution in [0, 0.1) is 0 Å². The van der Waals surface area contributed by atoms with Crippen LogP contribution >= 0.6 is 0 Å². The van der Waals surface area contributed by atoms with Crippen molar-refractivity contribution in [1.29, 1.82) is 0 Å². The minimum atomic E-state index is -0.312. The molecule has 0 fully saturated rings. The lowest BCUT2D eigenvalue weighted by molar-refractivity contribution is -0.143. The third-order valence-corrected chi connectivity index (χ3v) is 7.83. The molecule has 254 valence electrons. The fourth-order valence-electron chi connectivity index (χ4n) is 4.95. The van der Waals surface area contributed by atoms with Gasteiger partial charge in [-0.25, -0.2) is 9.59 Å². The van der Waals surface area contributed by atoms with E-state index in [2.05, 4.69) is 23.8 Å². The van der Waals surface area contributed by atoms with Crippen LogP contribution in [0.25, 0.3) is 12.2 Å². The van der Waals surface area contributed by atoms with E-state index in [1.54, 1.807) is 12.2 Å². The predicted octanol–water partition coefficient (Wildman–Crippen LogP) is 11.0. The topological polar surface area (TPSA) is 77.3 Å². The summed E-state index contributed by atoms with van der Waals surface area (Å²) in [6.07, 6.45) is 21.2. The molecule has 3 rings (SSSR count). The number of benzene rings is 3. The van der Waals surface area contributed by atoms with E-state index in [0.29, 0.717) is 0 Å². The van der Waals surface area contributed by atoms with Gasteiger partial charge in [0, 0.05) is 24.6 Å². The number of unbranched alkanes of at least 4 members (excludes halogenated alkanes) is 6. The van der Waals surface area contributed by atoms with Gasteiger partial charge in [-0.3, -0.25) is 9.98 Å². The van der Waals surface area contributed by atoms with Crippen LogP contribution in [0.3, 0.4) is 0 Å². The van der Waals surface area contributed by atoms with Gasteiger partial charge in [0.05, 0.1) is 23.6 Å². The molecule has 0 radical (unpaired) electrons.